The van der Waals surface area contributed by atoms with Crippen LogP contribution in [0.25, 0.3) is 0 Å². The Morgan fingerprint density at radius 1 is 1.14 bits per heavy atom. The Hall–Kier alpha value is -1.35. The summed E-state index contributed by atoms with van der Waals surface area (Å²) < 4.78 is 0. The van der Waals surface area contributed by atoms with E-state index in [9.17, 15) is 4.79 Å². The van der Waals surface area contributed by atoms with Crippen LogP contribution in [0.2, 0.25) is 0 Å². The van der Waals surface area contributed by atoms with Gasteiger partial charge in [0.15, 0.2) is 0 Å². The molecule has 2 rings (SSSR count). The van der Waals surface area contributed by atoms with Gasteiger partial charge in [-0.15, -0.1) is 0 Å². The van der Waals surface area contributed by atoms with Gasteiger partial charge in [0.1, 0.15) is 0 Å². The maximum atomic E-state index is 13.0. The van der Waals surface area contributed by atoms with Gasteiger partial charge in [0.25, 0.3) is 0 Å². The van der Waals surface area contributed by atoms with Crippen LogP contribution >= 0.6 is 0 Å². The van der Waals surface area contributed by atoms with Gasteiger partial charge in [0.05, 0.1) is 0 Å². The molecule has 3 nitrogen and oxygen atoms in total. The Morgan fingerprint density at radius 2 is 1.67 bits per heavy atom. The minimum Gasteiger partial charge on any atom is -0.330 e. The highest BCUT2D eigenvalue weighted by Gasteiger charge is 2.68. The van der Waals surface area contributed by atoms with Gasteiger partial charge in [-0.3, -0.25) is 4.79 Å². The Labute approximate surface area is 128 Å². The van der Waals surface area contributed by atoms with E-state index in [1.807, 2.05) is 17.0 Å². The van der Waals surface area contributed by atoms with Crippen molar-refractivity contribution in [3.63, 3.8) is 0 Å². The van der Waals surface area contributed by atoms with Gasteiger partial charge in [-0.25, -0.2) is 0 Å². The Balaban J connectivity index is 2.25. The molecule has 1 amide bonds. The van der Waals surface area contributed by atoms with Crippen LogP contribution in [0, 0.1) is 23.7 Å². The first-order chi connectivity index (χ1) is 9.73. The second-order valence-electron chi connectivity index (χ2n) is 7.34. The molecule has 1 aromatic rings. The van der Waals surface area contributed by atoms with Crippen molar-refractivity contribution in [2.24, 2.45) is 22.5 Å². The van der Waals surface area contributed by atoms with Crippen LogP contribution in [0.1, 0.15) is 39.7 Å². The molecule has 1 aliphatic carbocycles. The van der Waals surface area contributed by atoms with Crippen molar-refractivity contribution in [2.45, 2.75) is 41.0 Å². The minimum atomic E-state index is 0.0652. The van der Waals surface area contributed by atoms with Crippen molar-refractivity contribution in [1.29, 1.82) is 0 Å². The van der Waals surface area contributed by atoms with Gasteiger partial charge in [-0.05, 0) is 42.9 Å². The second-order valence-corrected chi connectivity index (χ2v) is 7.34. The predicted molar refractivity (Wildman–Crippen MR) is 88.3 cm³/mol. The maximum absolute atomic E-state index is 13.0. The fourth-order valence-corrected chi connectivity index (χ4v) is 3.31. The van der Waals surface area contributed by atoms with E-state index in [2.05, 4.69) is 46.8 Å². The quantitative estimate of drug-likeness (QED) is 0.903. The largest absolute Gasteiger partial charge is 0.330 e. The van der Waals surface area contributed by atoms with Gasteiger partial charge in [-0.2, -0.15) is 0 Å². The molecule has 2 N–H and O–H groups in total. The number of nitrogens with zero attached hydrogens (tertiary/aromatic N) is 1. The van der Waals surface area contributed by atoms with Gasteiger partial charge in [0.2, 0.25) is 5.91 Å². The summed E-state index contributed by atoms with van der Waals surface area (Å²) in [6.45, 7) is 12.1. The molecule has 116 valence electrons. The number of hydrogen-bond donors (Lipinski definition) is 1. The summed E-state index contributed by atoms with van der Waals surface area (Å²) in [4.78, 5) is 14.9. The second kappa shape index (κ2) is 5.45. The van der Waals surface area contributed by atoms with E-state index in [4.69, 9.17) is 5.73 Å². The molecular formula is C18H28N2O. The van der Waals surface area contributed by atoms with Crippen LogP contribution < -0.4 is 10.6 Å². The monoisotopic (exact) mass is 288 g/mol. The lowest BCUT2D eigenvalue weighted by Gasteiger charge is -2.24. The van der Waals surface area contributed by atoms with Crippen molar-refractivity contribution in [3.05, 3.63) is 29.8 Å². The molecule has 1 saturated carbocycles. The third kappa shape index (κ3) is 2.71. The smallest absolute Gasteiger partial charge is 0.231 e. The molecule has 0 atom stereocenters. The zero-order chi connectivity index (χ0) is 15.8. The summed E-state index contributed by atoms with van der Waals surface area (Å²) in [5, 5.41) is 0. The van der Waals surface area contributed by atoms with Crippen LogP contribution in [-0.2, 0) is 4.79 Å². The molecule has 3 heteroatoms. The molecule has 0 aliphatic heterocycles. The number of rotatable bonds is 5. The Bertz CT molecular complexity index is 503. The van der Waals surface area contributed by atoms with Crippen LogP contribution in [0.15, 0.2) is 24.3 Å². The average Bonchev–Trinajstić information content (AvgIpc) is 2.82. The number of carbonyl (C=O) groups is 1. The van der Waals surface area contributed by atoms with E-state index in [1.54, 1.807) is 0 Å². The normalized spacial score (nSPS) is 19.3. The summed E-state index contributed by atoms with van der Waals surface area (Å²) in [6.07, 6.45) is 0.827. The number of anilines is 1. The van der Waals surface area contributed by atoms with Gasteiger partial charge >= 0.3 is 0 Å². The van der Waals surface area contributed by atoms with Crippen molar-refractivity contribution < 1.29 is 4.79 Å². The molecule has 1 aliphatic rings. The fraction of sp³-hybridized carbons (Fsp3) is 0.611. The molecule has 0 bridgehead atoms. The number of hydrogen-bond acceptors (Lipinski definition) is 2. The molecule has 0 spiro atoms. The zero-order valence-corrected chi connectivity index (χ0v) is 13.9. The summed E-state index contributed by atoms with van der Waals surface area (Å²) in [5.41, 5.74) is 7.96. The number of aryl methyl sites for hydroxylation is 1. The lowest BCUT2D eigenvalue weighted by molar-refractivity contribution is -0.120. The highest BCUT2D eigenvalue weighted by Crippen LogP contribution is 2.68. The van der Waals surface area contributed by atoms with Crippen LogP contribution in [0.5, 0.6) is 0 Å². The molecular weight excluding hydrogens is 260 g/mol. The SMILES string of the molecule is Cc1ccc(N(CCCN)C(=O)C2C(C)(C)C2(C)C)cc1. The summed E-state index contributed by atoms with van der Waals surface area (Å²) in [7, 11) is 0. The standard InChI is InChI=1S/C18H28N2O/c1-13-7-9-14(10-8-13)20(12-6-11-19)16(21)15-17(2,3)18(15,4)5/h7-10,15H,6,11-12,19H2,1-5H3. The van der Waals surface area contributed by atoms with Crippen molar-refractivity contribution in [3.8, 4) is 0 Å². The average molecular weight is 288 g/mol. The number of benzene rings is 1. The van der Waals surface area contributed by atoms with E-state index in [-0.39, 0.29) is 22.7 Å². The molecule has 0 unspecified atom stereocenters. The van der Waals surface area contributed by atoms with E-state index < -0.39 is 0 Å². The molecule has 1 aromatic carbocycles. The zero-order valence-electron chi connectivity index (χ0n) is 13.9. The fourth-order valence-electron chi connectivity index (χ4n) is 3.31. The third-order valence-corrected chi connectivity index (χ3v) is 5.47. The number of carbonyl (C=O) groups excluding carboxylic acids is 1. The van der Waals surface area contributed by atoms with Crippen molar-refractivity contribution in [2.75, 3.05) is 18.0 Å². The van der Waals surface area contributed by atoms with Crippen LogP contribution in [-0.4, -0.2) is 19.0 Å². The lowest BCUT2D eigenvalue weighted by atomic mass is 10.0. The van der Waals surface area contributed by atoms with Crippen molar-refractivity contribution >= 4 is 11.6 Å². The maximum Gasteiger partial charge on any atom is 0.231 e. The first-order valence-electron chi connectivity index (χ1n) is 7.81. The Kier molecular flexibility index (Phi) is 4.16. The lowest BCUT2D eigenvalue weighted by Crippen LogP contribution is -2.35. The highest BCUT2D eigenvalue weighted by atomic mass is 16.2. The topological polar surface area (TPSA) is 46.3 Å². The van der Waals surface area contributed by atoms with Crippen LogP contribution in [0.4, 0.5) is 5.69 Å². The number of nitrogens with two attached hydrogens (primary N) is 1. The van der Waals surface area contributed by atoms with E-state index in [0.717, 1.165) is 12.1 Å². The minimum absolute atomic E-state index is 0.0652. The van der Waals surface area contributed by atoms with Crippen molar-refractivity contribution in [1.82, 2.24) is 0 Å². The molecule has 0 saturated heterocycles. The summed E-state index contributed by atoms with van der Waals surface area (Å²) >= 11 is 0. The first kappa shape index (κ1) is 16.0. The van der Waals surface area contributed by atoms with E-state index in [1.165, 1.54) is 5.56 Å². The number of amides is 1. The first-order valence-corrected chi connectivity index (χ1v) is 7.81. The van der Waals surface area contributed by atoms with E-state index >= 15 is 0 Å². The highest BCUT2D eigenvalue weighted by molar-refractivity contribution is 5.98. The van der Waals surface area contributed by atoms with Gasteiger partial charge in [-0.1, -0.05) is 45.4 Å². The predicted octanol–water partition coefficient (Wildman–Crippen LogP) is 3.36. The van der Waals surface area contributed by atoms with Gasteiger partial charge < -0.3 is 10.6 Å². The van der Waals surface area contributed by atoms with Gasteiger partial charge in [0, 0.05) is 18.2 Å². The molecule has 0 heterocycles. The summed E-state index contributed by atoms with van der Waals surface area (Å²) in [5.74, 6) is 0.325. The van der Waals surface area contributed by atoms with E-state index in [0.29, 0.717) is 13.1 Å². The third-order valence-electron chi connectivity index (χ3n) is 5.47. The van der Waals surface area contributed by atoms with Crippen LogP contribution in [0.3, 0.4) is 0 Å². The molecule has 0 aromatic heterocycles. The summed E-state index contributed by atoms with van der Waals surface area (Å²) in [6, 6.07) is 8.18. The molecule has 21 heavy (non-hydrogen) atoms. The molecule has 0 radical (unpaired) electrons. The molecule has 1 fully saturated rings. The Morgan fingerprint density at radius 3 is 2.10 bits per heavy atom.